The lowest BCUT2D eigenvalue weighted by atomic mass is 9.96. The highest BCUT2D eigenvalue weighted by Gasteiger charge is 2.35. The van der Waals surface area contributed by atoms with Gasteiger partial charge in [-0.1, -0.05) is 38.8 Å². The Kier molecular flexibility index (Phi) is 5.99. The first-order valence-corrected chi connectivity index (χ1v) is 6.80. The average molecular weight is 291 g/mol. The van der Waals surface area contributed by atoms with Gasteiger partial charge in [0.1, 0.15) is 5.82 Å². The third kappa shape index (κ3) is 4.47. The summed E-state index contributed by atoms with van der Waals surface area (Å²) >= 11 is 0. The fraction of sp³-hybridized carbons (Fsp3) is 0.600. The maximum Gasteiger partial charge on any atom is 0.419 e. The first-order chi connectivity index (χ1) is 9.27. The molecular weight excluding hydrogens is 270 g/mol. The summed E-state index contributed by atoms with van der Waals surface area (Å²) in [6.45, 7) is 4.17. The number of alkyl halides is 3. The summed E-state index contributed by atoms with van der Waals surface area (Å²) in [4.78, 5) is 0. The number of benzene rings is 1. The fourth-order valence-corrected chi connectivity index (χ4v) is 2.22. The molecule has 0 aromatic heterocycles. The van der Waals surface area contributed by atoms with E-state index in [1.807, 2.05) is 0 Å². The van der Waals surface area contributed by atoms with Crippen LogP contribution in [-0.2, 0) is 6.18 Å². The molecule has 1 aromatic carbocycles. The molecule has 5 heteroatoms. The van der Waals surface area contributed by atoms with E-state index < -0.39 is 23.6 Å². The average Bonchev–Trinajstić information content (AvgIpc) is 2.34. The number of hydrogen-bond acceptors (Lipinski definition) is 1. The first-order valence-electron chi connectivity index (χ1n) is 6.80. The highest BCUT2D eigenvalue weighted by atomic mass is 19.4. The zero-order valence-corrected chi connectivity index (χ0v) is 12.0. The van der Waals surface area contributed by atoms with E-state index in [0.29, 0.717) is 12.3 Å². The Balaban J connectivity index is 2.93. The van der Waals surface area contributed by atoms with E-state index >= 15 is 0 Å². The van der Waals surface area contributed by atoms with Gasteiger partial charge in [0.15, 0.2) is 0 Å². The Hall–Kier alpha value is -1.10. The molecule has 0 heterocycles. The molecule has 20 heavy (non-hydrogen) atoms. The maximum absolute atomic E-state index is 14.0. The summed E-state index contributed by atoms with van der Waals surface area (Å²) in [5, 5.41) is 2.90. The molecular formula is C15H21F4N. The number of hydrogen-bond donors (Lipinski definition) is 1. The standard InChI is InChI=1S/C15H21F4N/c1-10(2)6-4-9-13(20-3)11-7-5-8-12(14(11)16)15(17,18)19/h5,7-8,10,13,20H,4,6,9H2,1-3H3. The van der Waals surface area contributed by atoms with Gasteiger partial charge in [-0.15, -0.1) is 0 Å². The van der Waals surface area contributed by atoms with Crippen molar-refractivity contribution in [3.05, 3.63) is 35.1 Å². The third-order valence-electron chi connectivity index (χ3n) is 3.33. The van der Waals surface area contributed by atoms with Crippen LogP contribution in [0.15, 0.2) is 18.2 Å². The van der Waals surface area contributed by atoms with Crippen molar-refractivity contribution in [3.8, 4) is 0 Å². The van der Waals surface area contributed by atoms with Gasteiger partial charge in [0.2, 0.25) is 0 Å². The lowest BCUT2D eigenvalue weighted by molar-refractivity contribution is -0.140. The quantitative estimate of drug-likeness (QED) is 0.733. The summed E-state index contributed by atoms with van der Waals surface area (Å²) in [7, 11) is 1.64. The summed E-state index contributed by atoms with van der Waals surface area (Å²) in [5.41, 5.74) is -1.11. The van der Waals surface area contributed by atoms with Crippen molar-refractivity contribution in [2.24, 2.45) is 5.92 Å². The van der Waals surface area contributed by atoms with Crippen LogP contribution in [-0.4, -0.2) is 7.05 Å². The Labute approximate surface area is 117 Å². The molecule has 0 aliphatic heterocycles. The first kappa shape index (κ1) is 17.0. The minimum atomic E-state index is -4.66. The Bertz CT molecular complexity index is 426. The van der Waals surface area contributed by atoms with Crippen LogP contribution in [0.1, 0.15) is 50.3 Å². The van der Waals surface area contributed by atoms with Gasteiger partial charge in [-0.2, -0.15) is 13.2 Å². The molecule has 0 radical (unpaired) electrons. The van der Waals surface area contributed by atoms with Crippen molar-refractivity contribution >= 4 is 0 Å². The van der Waals surface area contributed by atoms with Gasteiger partial charge < -0.3 is 5.32 Å². The van der Waals surface area contributed by atoms with E-state index in [-0.39, 0.29) is 5.56 Å². The Morgan fingerprint density at radius 1 is 1.15 bits per heavy atom. The minimum absolute atomic E-state index is 0.0890. The molecule has 1 aromatic rings. The fourth-order valence-electron chi connectivity index (χ4n) is 2.22. The molecule has 0 bridgehead atoms. The highest BCUT2D eigenvalue weighted by molar-refractivity contribution is 5.30. The van der Waals surface area contributed by atoms with Crippen LogP contribution in [0, 0.1) is 11.7 Å². The van der Waals surface area contributed by atoms with Crippen LogP contribution in [0.2, 0.25) is 0 Å². The van der Waals surface area contributed by atoms with Crippen LogP contribution in [0.3, 0.4) is 0 Å². The molecule has 1 atom stereocenters. The van der Waals surface area contributed by atoms with Crippen LogP contribution in [0.25, 0.3) is 0 Å². The van der Waals surface area contributed by atoms with Gasteiger partial charge in [0.25, 0.3) is 0 Å². The smallest absolute Gasteiger partial charge is 0.313 e. The second kappa shape index (κ2) is 7.07. The van der Waals surface area contributed by atoms with Crippen molar-refractivity contribution in [1.29, 1.82) is 0 Å². The van der Waals surface area contributed by atoms with E-state index in [4.69, 9.17) is 0 Å². The SMILES string of the molecule is CNC(CCCC(C)C)c1cccc(C(F)(F)F)c1F. The third-order valence-corrected chi connectivity index (χ3v) is 3.33. The van der Waals surface area contributed by atoms with Gasteiger partial charge in [-0.05, 0) is 25.5 Å². The molecule has 1 N–H and O–H groups in total. The van der Waals surface area contributed by atoms with Gasteiger partial charge in [-0.3, -0.25) is 0 Å². The van der Waals surface area contributed by atoms with Gasteiger partial charge in [-0.25, -0.2) is 4.39 Å². The van der Waals surface area contributed by atoms with Crippen molar-refractivity contribution in [1.82, 2.24) is 5.32 Å². The molecule has 0 aliphatic rings. The summed E-state index contributed by atoms with van der Waals surface area (Å²) in [5.74, 6) is -0.636. The topological polar surface area (TPSA) is 12.0 Å². The molecule has 0 saturated carbocycles. The molecule has 0 amide bonds. The van der Waals surface area contributed by atoms with Gasteiger partial charge in [0.05, 0.1) is 5.56 Å². The Morgan fingerprint density at radius 3 is 2.30 bits per heavy atom. The van der Waals surface area contributed by atoms with Crippen LogP contribution >= 0.6 is 0 Å². The molecule has 0 fully saturated rings. The number of rotatable bonds is 6. The maximum atomic E-state index is 14.0. The summed E-state index contributed by atoms with van der Waals surface area (Å²) in [6.07, 6.45) is -2.22. The number of halogens is 4. The highest BCUT2D eigenvalue weighted by Crippen LogP contribution is 2.34. The van der Waals surface area contributed by atoms with E-state index in [0.717, 1.165) is 18.9 Å². The largest absolute Gasteiger partial charge is 0.419 e. The summed E-state index contributed by atoms with van der Waals surface area (Å²) < 4.78 is 52.1. The Morgan fingerprint density at radius 2 is 1.80 bits per heavy atom. The van der Waals surface area contributed by atoms with Crippen molar-refractivity contribution < 1.29 is 17.6 Å². The molecule has 0 aliphatic carbocycles. The van der Waals surface area contributed by atoms with E-state index in [1.165, 1.54) is 12.1 Å². The van der Waals surface area contributed by atoms with Crippen molar-refractivity contribution in [3.63, 3.8) is 0 Å². The molecule has 0 spiro atoms. The van der Waals surface area contributed by atoms with Gasteiger partial charge in [0, 0.05) is 11.6 Å². The lowest BCUT2D eigenvalue weighted by Crippen LogP contribution is -2.20. The van der Waals surface area contributed by atoms with E-state index in [2.05, 4.69) is 19.2 Å². The zero-order valence-electron chi connectivity index (χ0n) is 12.0. The predicted octanol–water partition coefficient (Wildman–Crippen LogP) is 4.93. The van der Waals surface area contributed by atoms with Crippen molar-refractivity contribution in [2.45, 2.75) is 45.3 Å². The second-order valence-corrected chi connectivity index (χ2v) is 5.37. The molecule has 1 rings (SSSR count). The normalized spacial score (nSPS) is 13.8. The van der Waals surface area contributed by atoms with Crippen LogP contribution < -0.4 is 5.32 Å². The van der Waals surface area contributed by atoms with E-state index in [9.17, 15) is 17.6 Å². The monoisotopic (exact) mass is 291 g/mol. The molecule has 1 unspecified atom stereocenters. The van der Waals surface area contributed by atoms with Crippen molar-refractivity contribution in [2.75, 3.05) is 7.05 Å². The molecule has 0 saturated heterocycles. The number of nitrogens with one attached hydrogen (secondary N) is 1. The zero-order chi connectivity index (χ0) is 15.3. The van der Waals surface area contributed by atoms with Gasteiger partial charge >= 0.3 is 6.18 Å². The lowest BCUT2D eigenvalue weighted by Gasteiger charge is -2.20. The second-order valence-electron chi connectivity index (χ2n) is 5.37. The van der Waals surface area contributed by atoms with Crippen LogP contribution in [0.5, 0.6) is 0 Å². The van der Waals surface area contributed by atoms with E-state index in [1.54, 1.807) is 7.05 Å². The molecule has 114 valence electrons. The summed E-state index contributed by atoms with van der Waals surface area (Å²) in [6, 6.07) is 3.06. The molecule has 1 nitrogen and oxygen atoms in total. The minimum Gasteiger partial charge on any atom is -0.313 e. The van der Waals surface area contributed by atoms with Crippen LogP contribution in [0.4, 0.5) is 17.6 Å². The predicted molar refractivity (Wildman–Crippen MR) is 71.9 cm³/mol.